The Morgan fingerprint density at radius 2 is 2.16 bits per heavy atom. The zero-order valence-corrected chi connectivity index (χ0v) is 18.6. The largest absolute Gasteiger partial charge is 0.381 e. The highest BCUT2D eigenvalue weighted by molar-refractivity contribution is 5.80. The van der Waals surface area contributed by atoms with Gasteiger partial charge in [-0.3, -0.25) is 0 Å². The number of anilines is 1. The van der Waals surface area contributed by atoms with E-state index in [-0.39, 0.29) is 17.1 Å². The van der Waals surface area contributed by atoms with Crippen molar-refractivity contribution in [2.45, 2.75) is 37.8 Å². The number of halogens is 1. The molecule has 0 amide bonds. The molecule has 1 spiro atoms. The van der Waals surface area contributed by atoms with E-state index in [0.717, 1.165) is 69.0 Å². The third kappa shape index (κ3) is 4.13. The molecule has 2 saturated heterocycles. The number of morpholine rings is 1. The molecule has 2 aromatic rings. The van der Waals surface area contributed by atoms with E-state index < -0.39 is 5.82 Å². The molecular formula is C26H30FN3O2. The first-order valence-electron chi connectivity index (χ1n) is 11.6. The maximum absolute atomic E-state index is 14.5. The molecular weight excluding hydrogens is 405 g/mol. The average Bonchev–Trinajstić information content (AvgIpc) is 3.52. The first-order valence-corrected chi connectivity index (χ1v) is 11.6. The predicted molar refractivity (Wildman–Crippen MR) is 122 cm³/mol. The second-order valence-corrected chi connectivity index (χ2v) is 9.41. The van der Waals surface area contributed by atoms with E-state index >= 15 is 0 Å². The molecule has 6 heteroatoms. The predicted octanol–water partition coefficient (Wildman–Crippen LogP) is 3.90. The molecule has 3 aliphatic rings. The Labute approximate surface area is 189 Å². The Morgan fingerprint density at radius 3 is 2.88 bits per heavy atom. The summed E-state index contributed by atoms with van der Waals surface area (Å²) < 4.78 is 26.2. The SMILES string of the molecule is CN(c1ccc(CC2CNCCO2)cc1-c1ccc(C#N)c(F)c1)[C@@H]1CC12CCCOC2. The summed E-state index contributed by atoms with van der Waals surface area (Å²) in [6.45, 7) is 4.15. The molecule has 1 N–H and O–H groups in total. The third-order valence-electron chi connectivity index (χ3n) is 7.28. The lowest BCUT2D eigenvalue weighted by Crippen LogP contribution is -2.39. The van der Waals surface area contributed by atoms with E-state index in [4.69, 9.17) is 14.7 Å². The molecule has 1 saturated carbocycles. The van der Waals surface area contributed by atoms with Crippen molar-refractivity contribution in [1.82, 2.24) is 5.32 Å². The van der Waals surface area contributed by atoms with Crippen LogP contribution in [0.25, 0.3) is 11.1 Å². The fourth-order valence-electron chi connectivity index (χ4n) is 5.38. The van der Waals surface area contributed by atoms with Crippen molar-refractivity contribution < 1.29 is 13.9 Å². The van der Waals surface area contributed by atoms with Gasteiger partial charge in [0, 0.05) is 49.5 Å². The van der Waals surface area contributed by atoms with Crippen LogP contribution in [0.1, 0.15) is 30.4 Å². The van der Waals surface area contributed by atoms with Crippen LogP contribution in [-0.2, 0) is 15.9 Å². The van der Waals surface area contributed by atoms with Crippen LogP contribution < -0.4 is 10.2 Å². The van der Waals surface area contributed by atoms with Crippen LogP contribution in [0.2, 0.25) is 0 Å². The standard InChI is InChI=1S/C26H30FN3O2/c1-30(25-14-26(25)7-2-9-31-17-26)24-6-3-18(11-21-16-29-8-10-32-21)12-22(24)19-4-5-20(15-28)23(27)13-19/h3-6,12-13,21,25,29H,2,7-11,14,16-17H2,1H3/t21?,25-,26?/m1/s1. The molecule has 32 heavy (non-hydrogen) atoms. The van der Waals surface area contributed by atoms with Crippen molar-refractivity contribution in [3.63, 3.8) is 0 Å². The molecule has 3 atom stereocenters. The van der Waals surface area contributed by atoms with Crippen molar-refractivity contribution in [1.29, 1.82) is 5.26 Å². The second kappa shape index (κ2) is 8.82. The highest BCUT2D eigenvalue weighted by Crippen LogP contribution is 2.55. The van der Waals surface area contributed by atoms with Crippen molar-refractivity contribution >= 4 is 5.69 Å². The molecule has 0 bridgehead atoms. The minimum atomic E-state index is -0.479. The van der Waals surface area contributed by atoms with Gasteiger partial charge >= 0.3 is 0 Å². The molecule has 0 aromatic heterocycles. The Bertz CT molecular complexity index is 1020. The maximum atomic E-state index is 14.5. The van der Waals surface area contributed by atoms with Crippen LogP contribution in [0.4, 0.5) is 10.1 Å². The molecule has 5 rings (SSSR count). The number of ether oxygens (including phenoxy) is 2. The van der Waals surface area contributed by atoms with Gasteiger partial charge in [0.15, 0.2) is 0 Å². The van der Waals surface area contributed by atoms with Gasteiger partial charge < -0.3 is 19.7 Å². The first-order chi connectivity index (χ1) is 15.6. The summed E-state index contributed by atoms with van der Waals surface area (Å²) in [5, 5.41) is 12.5. The van der Waals surface area contributed by atoms with Gasteiger partial charge in [-0.15, -0.1) is 0 Å². The van der Waals surface area contributed by atoms with E-state index in [1.807, 2.05) is 12.1 Å². The topological polar surface area (TPSA) is 57.5 Å². The lowest BCUT2D eigenvalue weighted by Gasteiger charge is -2.30. The van der Waals surface area contributed by atoms with Crippen LogP contribution in [0.5, 0.6) is 0 Å². The fraction of sp³-hybridized carbons (Fsp3) is 0.500. The molecule has 0 radical (unpaired) electrons. The molecule has 2 heterocycles. The van der Waals surface area contributed by atoms with E-state index in [0.29, 0.717) is 6.04 Å². The monoisotopic (exact) mass is 435 g/mol. The Balaban J connectivity index is 1.48. The minimum absolute atomic E-state index is 0.0713. The Morgan fingerprint density at radius 1 is 1.25 bits per heavy atom. The van der Waals surface area contributed by atoms with Crippen molar-refractivity contribution in [3.05, 3.63) is 53.3 Å². The summed E-state index contributed by atoms with van der Waals surface area (Å²) in [5.41, 5.74) is 4.37. The summed E-state index contributed by atoms with van der Waals surface area (Å²) >= 11 is 0. The average molecular weight is 436 g/mol. The van der Waals surface area contributed by atoms with Crippen LogP contribution in [0.15, 0.2) is 36.4 Å². The van der Waals surface area contributed by atoms with Crippen LogP contribution in [0.3, 0.4) is 0 Å². The lowest BCUT2D eigenvalue weighted by atomic mass is 9.95. The highest BCUT2D eigenvalue weighted by Gasteiger charge is 2.57. The van der Waals surface area contributed by atoms with Crippen molar-refractivity contribution in [2.24, 2.45) is 5.41 Å². The number of rotatable bonds is 5. The number of benzene rings is 2. The van der Waals surface area contributed by atoms with Gasteiger partial charge in [0.05, 0.1) is 24.9 Å². The minimum Gasteiger partial charge on any atom is -0.381 e. The smallest absolute Gasteiger partial charge is 0.141 e. The van der Waals surface area contributed by atoms with Crippen molar-refractivity contribution in [3.8, 4) is 17.2 Å². The van der Waals surface area contributed by atoms with E-state index in [9.17, 15) is 4.39 Å². The summed E-state index contributed by atoms with van der Waals surface area (Å²) in [4.78, 5) is 2.35. The zero-order chi connectivity index (χ0) is 22.1. The van der Waals surface area contributed by atoms with Gasteiger partial charge in [0.25, 0.3) is 0 Å². The number of nitriles is 1. The summed E-state index contributed by atoms with van der Waals surface area (Å²) in [7, 11) is 2.14. The molecule has 168 valence electrons. The summed E-state index contributed by atoms with van der Waals surface area (Å²) in [5.74, 6) is -0.479. The summed E-state index contributed by atoms with van der Waals surface area (Å²) in [6.07, 6.45) is 4.40. The zero-order valence-electron chi connectivity index (χ0n) is 18.6. The number of hydrogen-bond acceptors (Lipinski definition) is 5. The molecule has 2 aliphatic heterocycles. The maximum Gasteiger partial charge on any atom is 0.141 e. The highest BCUT2D eigenvalue weighted by atomic mass is 19.1. The van der Waals surface area contributed by atoms with Crippen molar-refractivity contribution in [2.75, 3.05) is 44.9 Å². The van der Waals surface area contributed by atoms with Gasteiger partial charge in [-0.2, -0.15) is 5.26 Å². The Kier molecular flexibility index (Phi) is 5.90. The quantitative estimate of drug-likeness (QED) is 0.772. The van der Waals surface area contributed by atoms with Gasteiger partial charge in [-0.1, -0.05) is 12.1 Å². The number of nitrogens with zero attached hydrogens (tertiary/aromatic N) is 2. The molecule has 2 aromatic carbocycles. The molecule has 1 aliphatic carbocycles. The Hall–Kier alpha value is -2.46. The van der Waals surface area contributed by atoms with E-state index in [1.54, 1.807) is 6.07 Å². The van der Waals surface area contributed by atoms with Gasteiger partial charge in [-0.05, 0) is 61.1 Å². The second-order valence-electron chi connectivity index (χ2n) is 9.41. The fourth-order valence-corrected chi connectivity index (χ4v) is 5.38. The van der Waals surface area contributed by atoms with E-state index in [1.165, 1.54) is 18.1 Å². The van der Waals surface area contributed by atoms with Gasteiger partial charge in [-0.25, -0.2) is 4.39 Å². The molecule has 3 fully saturated rings. The lowest BCUT2D eigenvalue weighted by molar-refractivity contribution is 0.0292. The van der Waals surface area contributed by atoms with Gasteiger partial charge in [0.2, 0.25) is 0 Å². The number of hydrogen-bond donors (Lipinski definition) is 1. The molecule has 5 nitrogen and oxygen atoms in total. The molecule has 2 unspecified atom stereocenters. The first kappa shape index (κ1) is 21.4. The number of nitrogens with one attached hydrogen (secondary N) is 1. The van der Waals surface area contributed by atoms with Crippen LogP contribution in [-0.4, -0.2) is 52.1 Å². The van der Waals surface area contributed by atoms with Gasteiger partial charge in [0.1, 0.15) is 11.9 Å². The van der Waals surface area contributed by atoms with E-state index in [2.05, 4.69) is 35.5 Å². The summed E-state index contributed by atoms with van der Waals surface area (Å²) in [6, 6.07) is 13.8. The van der Waals surface area contributed by atoms with Crippen LogP contribution in [0, 0.1) is 22.6 Å². The normalized spacial score (nSPS) is 27.2. The van der Waals surface area contributed by atoms with Crippen LogP contribution >= 0.6 is 0 Å². The third-order valence-corrected chi connectivity index (χ3v) is 7.28.